The number of benzene rings is 2. The van der Waals surface area contributed by atoms with Gasteiger partial charge in [0, 0.05) is 12.2 Å². The van der Waals surface area contributed by atoms with Crippen molar-refractivity contribution in [3.05, 3.63) is 48.0 Å². The van der Waals surface area contributed by atoms with Crippen LogP contribution in [-0.2, 0) is 21.4 Å². The molecule has 0 bridgehead atoms. The van der Waals surface area contributed by atoms with E-state index in [1.807, 2.05) is 6.07 Å². The van der Waals surface area contributed by atoms with E-state index in [0.717, 1.165) is 11.3 Å². The maximum Gasteiger partial charge on any atom is 0.255 e. The van der Waals surface area contributed by atoms with E-state index < -0.39 is 15.9 Å². The third kappa shape index (κ3) is 5.37. The minimum atomic E-state index is -3.70. The minimum absolute atomic E-state index is 0.0515. The molecule has 25 heavy (non-hydrogen) atoms. The largest absolute Gasteiger partial charge is 0.493 e. The maximum atomic E-state index is 11.2. The number of sulfonamides is 1. The average Bonchev–Trinajstić information content (AvgIpc) is 2.58. The maximum absolute atomic E-state index is 11.2. The van der Waals surface area contributed by atoms with E-state index >= 15 is 0 Å². The lowest BCUT2D eigenvalue weighted by atomic mass is 10.2. The van der Waals surface area contributed by atoms with E-state index in [1.54, 1.807) is 24.3 Å². The van der Waals surface area contributed by atoms with Crippen molar-refractivity contribution < 1.29 is 22.7 Å². The highest BCUT2D eigenvalue weighted by molar-refractivity contribution is 7.89. The summed E-state index contributed by atoms with van der Waals surface area (Å²) in [6.07, 6.45) is 0. The summed E-state index contributed by atoms with van der Waals surface area (Å²) >= 11 is 0. The lowest BCUT2D eigenvalue weighted by molar-refractivity contribution is -0.119. The van der Waals surface area contributed by atoms with Gasteiger partial charge in [-0.2, -0.15) is 0 Å². The molecular weight excluding hydrogens is 346 g/mol. The molecule has 5 N–H and O–H groups in total. The highest BCUT2D eigenvalue weighted by atomic mass is 32.2. The lowest BCUT2D eigenvalue weighted by Gasteiger charge is -2.12. The third-order valence-corrected chi connectivity index (χ3v) is 4.21. The zero-order valence-electron chi connectivity index (χ0n) is 13.6. The summed E-state index contributed by atoms with van der Waals surface area (Å²) in [5, 5.41) is 8.21. The van der Waals surface area contributed by atoms with Crippen molar-refractivity contribution in [1.29, 1.82) is 0 Å². The van der Waals surface area contributed by atoms with Crippen LogP contribution in [-0.4, -0.2) is 28.0 Å². The Kier molecular flexibility index (Phi) is 5.84. The van der Waals surface area contributed by atoms with Gasteiger partial charge in [-0.1, -0.05) is 6.07 Å². The second kappa shape index (κ2) is 7.86. The second-order valence-corrected chi connectivity index (χ2v) is 6.72. The Hall–Kier alpha value is -2.78. The molecule has 0 radical (unpaired) electrons. The number of nitrogens with one attached hydrogen (secondary N) is 1. The van der Waals surface area contributed by atoms with Gasteiger partial charge >= 0.3 is 0 Å². The fourth-order valence-corrected chi connectivity index (χ4v) is 2.57. The van der Waals surface area contributed by atoms with Crippen molar-refractivity contribution in [1.82, 2.24) is 0 Å². The van der Waals surface area contributed by atoms with Crippen LogP contribution < -0.4 is 25.7 Å². The molecule has 0 aliphatic rings. The second-order valence-electron chi connectivity index (χ2n) is 5.16. The van der Waals surface area contributed by atoms with Crippen LogP contribution in [0.15, 0.2) is 47.4 Å². The molecule has 0 unspecified atom stereocenters. The van der Waals surface area contributed by atoms with Gasteiger partial charge in [0.05, 0.1) is 12.0 Å². The van der Waals surface area contributed by atoms with Gasteiger partial charge in [0.15, 0.2) is 18.1 Å². The summed E-state index contributed by atoms with van der Waals surface area (Å²) in [7, 11) is -2.21. The highest BCUT2D eigenvalue weighted by Crippen LogP contribution is 2.28. The molecular formula is C16H19N3O5S. The van der Waals surface area contributed by atoms with Crippen LogP contribution in [0.2, 0.25) is 0 Å². The number of hydrogen-bond donors (Lipinski definition) is 3. The van der Waals surface area contributed by atoms with Crippen molar-refractivity contribution in [3.8, 4) is 11.5 Å². The third-order valence-electron chi connectivity index (χ3n) is 3.28. The summed E-state index contributed by atoms with van der Waals surface area (Å²) in [6.45, 7) is 0.242. The summed E-state index contributed by atoms with van der Waals surface area (Å²) < 4.78 is 32.9. The Morgan fingerprint density at radius 3 is 2.36 bits per heavy atom. The van der Waals surface area contributed by atoms with E-state index in [-0.39, 0.29) is 11.5 Å². The fraction of sp³-hybridized carbons (Fsp3) is 0.188. The molecule has 0 heterocycles. The first-order valence-electron chi connectivity index (χ1n) is 7.24. The quantitative estimate of drug-likeness (QED) is 0.634. The summed E-state index contributed by atoms with van der Waals surface area (Å²) in [5.74, 6) is 0.323. The Morgan fingerprint density at radius 1 is 1.12 bits per heavy atom. The molecule has 8 nitrogen and oxygen atoms in total. The topological polar surface area (TPSA) is 134 Å². The molecule has 0 spiro atoms. The number of anilines is 1. The van der Waals surface area contributed by atoms with Gasteiger partial charge in [0.25, 0.3) is 5.91 Å². The first-order chi connectivity index (χ1) is 11.8. The minimum Gasteiger partial charge on any atom is -0.493 e. The molecule has 0 aromatic heterocycles. The number of hydrogen-bond acceptors (Lipinski definition) is 6. The smallest absolute Gasteiger partial charge is 0.255 e. The predicted octanol–water partition coefficient (Wildman–Crippen LogP) is 0.819. The van der Waals surface area contributed by atoms with Crippen molar-refractivity contribution in [2.75, 3.05) is 19.0 Å². The van der Waals surface area contributed by atoms with Crippen molar-refractivity contribution >= 4 is 21.6 Å². The Labute approximate surface area is 145 Å². The van der Waals surface area contributed by atoms with Crippen LogP contribution in [0.3, 0.4) is 0 Å². The van der Waals surface area contributed by atoms with Crippen LogP contribution in [0.5, 0.6) is 11.5 Å². The SMILES string of the molecule is COc1cc(CNc2ccc(S(N)(=O)=O)cc2)ccc1OCC(N)=O. The van der Waals surface area contributed by atoms with Crippen molar-refractivity contribution in [2.24, 2.45) is 10.9 Å². The van der Waals surface area contributed by atoms with E-state index in [0.29, 0.717) is 18.0 Å². The van der Waals surface area contributed by atoms with Gasteiger partial charge < -0.3 is 20.5 Å². The van der Waals surface area contributed by atoms with Gasteiger partial charge in [-0.05, 0) is 42.0 Å². The lowest BCUT2D eigenvalue weighted by Crippen LogP contribution is -2.20. The standard InChI is InChI=1S/C16H19N3O5S/c1-23-15-8-11(2-7-14(15)24-10-16(17)20)9-19-12-3-5-13(6-4-12)25(18,21)22/h2-8,19H,9-10H2,1H3,(H2,17,20)(H2,18,21,22). The van der Waals surface area contributed by atoms with Crippen LogP contribution in [0.4, 0.5) is 5.69 Å². The highest BCUT2D eigenvalue weighted by Gasteiger charge is 2.08. The molecule has 2 rings (SSSR count). The Balaban J connectivity index is 2.04. The van der Waals surface area contributed by atoms with Crippen molar-refractivity contribution in [3.63, 3.8) is 0 Å². The number of amides is 1. The zero-order valence-corrected chi connectivity index (χ0v) is 14.4. The molecule has 0 fully saturated rings. The molecule has 2 aromatic rings. The molecule has 1 amide bonds. The number of methoxy groups -OCH3 is 1. The number of primary amides is 1. The van der Waals surface area contributed by atoms with Gasteiger partial charge in [0.1, 0.15) is 0 Å². The number of nitrogens with two attached hydrogens (primary N) is 2. The van der Waals surface area contributed by atoms with Gasteiger partial charge in [-0.3, -0.25) is 4.79 Å². The first-order valence-corrected chi connectivity index (χ1v) is 8.79. The molecule has 0 saturated carbocycles. The fourth-order valence-electron chi connectivity index (χ4n) is 2.06. The number of ether oxygens (including phenoxy) is 2. The average molecular weight is 365 g/mol. The van der Waals surface area contributed by atoms with Crippen molar-refractivity contribution in [2.45, 2.75) is 11.4 Å². The predicted molar refractivity (Wildman–Crippen MR) is 92.8 cm³/mol. The molecule has 0 saturated heterocycles. The zero-order chi connectivity index (χ0) is 18.4. The number of carbonyl (C=O) groups is 1. The van der Waals surface area contributed by atoms with E-state index in [2.05, 4.69) is 5.32 Å². The number of carbonyl (C=O) groups excluding carboxylic acids is 1. The summed E-state index contributed by atoms with van der Waals surface area (Å²) in [6, 6.07) is 11.4. The number of rotatable bonds is 8. The van der Waals surface area contributed by atoms with Gasteiger partial charge in [0.2, 0.25) is 10.0 Å². The monoisotopic (exact) mass is 365 g/mol. The van der Waals surface area contributed by atoms with E-state index in [9.17, 15) is 13.2 Å². The molecule has 0 aliphatic heterocycles. The van der Waals surface area contributed by atoms with Crippen LogP contribution in [0.1, 0.15) is 5.56 Å². The Morgan fingerprint density at radius 2 is 1.80 bits per heavy atom. The summed E-state index contributed by atoms with van der Waals surface area (Å²) in [4.78, 5) is 10.8. The number of primary sulfonamides is 1. The van der Waals surface area contributed by atoms with Crippen LogP contribution in [0, 0.1) is 0 Å². The molecule has 0 aliphatic carbocycles. The van der Waals surface area contributed by atoms with Gasteiger partial charge in [-0.25, -0.2) is 13.6 Å². The molecule has 2 aromatic carbocycles. The molecule has 9 heteroatoms. The van der Waals surface area contributed by atoms with Crippen LogP contribution >= 0.6 is 0 Å². The van der Waals surface area contributed by atoms with Crippen LogP contribution in [0.25, 0.3) is 0 Å². The Bertz CT molecular complexity index is 851. The molecule has 0 atom stereocenters. The molecule has 134 valence electrons. The summed E-state index contributed by atoms with van der Waals surface area (Å²) in [5.41, 5.74) is 6.69. The first kappa shape index (κ1) is 18.6. The van der Waals surface area contributed by atoms with E-state index in [4.69, 9.17) is 20.3 Å². The normalized spacial score (nSPS) is 11.0. The van der Waals surface area contributed by atoms with Gasteiger partial charge in [-0.15, -0.1) is 0 Å². The van der Waals surface area contributed by atoms with E-state index in [1.165, 1.54) is 19.2 Å².